The summed E-state index contributed by atoms with van der Waals surface area (Å²) in [4.78, 5) is 10.5. The highest BCUT2D eigenvalue weighted by Crippen LogP contribution is 2.27. The van der Waals surface area contributed by atoms with E-state index in [-0.39, 0.29) is 0 Å². The van der Waals surface area contributed by atoms with E-state index >= 15 is 0 Å². The van der Waals surface area contributed by atoms with Crippen LogP contribution < -0.4 is 5.73 Å². The SMILES string of the molecule is CCc1nc2c(N)nc(C)c(C)c2n1CCCCSc1ccccc1. The third-order valence-electron chi connectivity index (χ3n) is 4.58. The number of benzene rings is 1. The molecule has 2 aromatic heterocycles. The van der Waals surface area contributed by atoms with Crippen molar-refractivity contribution >= 4 is 28.6 Å². The van der Waals surface area contributed by atoms with Crippen LogP contribution in [-0.4, -0.2) is 20.3 Å². The van der Waals surface area contributed by atoms with Crippen molar-refractivity contribution in [2.75, 3.05) is 11.5 Å². The highest BCUT2D eigenvalue weighted by molar-refractivity contribution is 7.99. The Labute approximate surface area is 153 Å². The molecular formula is C20H26N4S. The van der Waals surface area contributed by atoms with Gasteiger partial charge in [0, 0.05) is 23.6 Å². The summed E-state index contributed by atoms with van der Waals surface area (Å²) < 4.78 is 2.35. The van der Waals surface area contributed by atoms with E-state index in [4.69, 9.17) is 10.7 Å². The zero-order valence-corrected chi connectivity index (χ0v) is 16.1. The van der Waals surface area contributed by atoms with Gasteiger partial charge in [-0.05, 0) is 50.1 Å². The van der Waals surface area contributed by atoms with Gasteiger partial charge in [-0.15, -0.1) is 11.8 Å². The number of rotatable bonds is 7. The van der Waals surface area contributed by atoms with Gasteiger partial charge in [0.1, 0.15) is 11.3 Å². The molecule has 0 saturated carbocycles. The number of anilines is 1. The fraction of sp³-hybridized carbons (Fsp3) is 0.400. The number of thioether (sulfide) groups is 1. The molecule has 1 aromatic carbocycles. The molecule has 0 saturated heterocycles. The average molecular weight is 355 g/mol. The van der Waals surface area contributed by atoms with Gasteiger partial charge in [-0.25, -0.2) is 9.97 Å². The van der Waals surface area contributed by atoms with Gasteiger partial charge in [0.15, 0.2) is 5.82 Å². The molecule has 0 spiro atoms. The van der Waals surface area contributed by atoms with Crippen LogP contribution >= 0.6 is 11.8 Å². The number of aromatic nitrogens is 3. The molecule has 0 atom stereocenters. The first kappa shape index (κ1) is 17.8. The first-order valence-corrected chi connectivity index (χ1v) is 9.90. The second kappa shape index (κ2) is 7.91. The van der Waals surface area contributed by atoms with Crippen molar-refractivity contribution < 1.29 is 0 Å². The minimum absolute atomic E-state index is 0.547. The summed E-state index contributed by atoms with van der Waals surface area (Å²) in [7, 11) is 0. The van der Waals surface area contributed by atoms with Crippen LogP contribution in [0.3, 0.4) is 0 Å². The van der Waals surface area contributed by atoms with E-state index in [9.17, 15) is 0 Å². The van der Waals surface area contributed by atoms with Gasteiger partial charge in [0.05, 0.1) is 5.52 Å². The van der Waals surface area contributed by atoms with E-state index in [1.165, 1.54) is 16.9 Å². The molecule has 0 fully saturated rings. The van der Waals surface area contributed by atoms with E-state index in [0.29, 0.717) is 5.82 Å². The molecule has 0 amide bonds. The smallest absolute Gasteiger partial charge is 0.151 e. The number of aryl methyl sites for hydroxylation is 4. The third kappa shape index (κ3) is 3.82. The van der Waals surface area contributed by atoms with Crippen LogP contribution in [-0.2, 0) is 13.0 Å². The second-order valence-electron chi connectivity index (χ2n) is 6.31. The van der Waals surface area contributed by atoms with Gasteiger partial charge in [-0.3, -0.25) is 0 Å². The standard InChI is InChI=1S/C20H26N4S/c1-4-17-23-18-19(14(2)15(3)22-20(18)21)24(17)12-8-9-13-25-16-10-6-5-7-11-16/h5-7,10-11H,4,8-9,12-13H2,1-3H3,(H2,21,22). The van der Waals surface area contributed by atoms with E-state index in [1.807, 2.05) is 18.7 Å². The van der Waals surface area contributed by atoms with E-state index in [2.05, 4.69) is 53.7 Å². The van der Waals surface area contributed by atoms with Crippen LogP contribution in [0.1, 0.15) is 36.8 Å². The highest BCUT2D eigenvalue weighted by Gasteiger charge is 2.16. The van der Waals surface area contributed by atoms with E-state index < -0.39 is 0 Å². The van der Waals surface area contributed by atoms with Crippen molar-refractivity contribution in [2.45, 2.75) is 51.5 Å². The molecule has 25 heavy (non-hydrogen) atoms. The Kier molecular flexibility index (Phi) is 5.63. The van der Waals surface area contributed by atoms with Gasteiger partial charge in [-0.1, -0.05) is 25.1 Å². The number of nitrogens with zero attached hydrogens (tertiary/aromatic N) is 3. The number of hydrogen-bond acceptors (Lipinski definition) is 4. The lowest BCUT2D eigenvalue weighted by molar-refractivity contribution is 0.621. The summed E-state index contributed by atoms with van der Waals surface area (Å²) in [5.74, 6) is 2.79. The van der Waals surface area contributed by atoms with Crippen LogP contribution in [0.5, 0.6) is 0 Å². The molecule has 0 aliphatic carbocycles. The molecule has 2 heterocycles. The van der Waals surface area contributed by atoms with Gasteiger partial charge in [0.25, 0.3) is 0 Å². The minimum atomic E-state index is 0.547. The van der Waals surface area contributed by atoms with Crippen molar-refractivity contribution in [2.24, 2.45) is 0 Å². The first-order chi connectivity index (χ1) is 12.1. The fourth-order valence-corrected chi connectivity index (χ4v) is 4.07. The highest BCUT2D eigenvalue weighted by atomic mass is 32.2. The Hall–Kier alpha value is -2.01. The van der Waals surface area contributed by atoms with Crippen molar-refractivity contribution in [1.82, 2.24) is 14.5 Å². The maximum atomic E-state index is 6.11. The van der Waals surface area contributed by atoms with E-state index in [0.717, 1.165) is 47.7 Å². The van der Waals surface area contributed by atoms with Crippen molar-refractivity contribution in [3.8, 4) is 0 Å². The largest absolute Gasteiger partial charge is 0.382 e. The third-order valence-corrected chi connectivity index (χ3v) is 5.68. The average Bonchev–Trinajstić information content (AvgIpc) is 3.00. The first-order valence-electron chi connectivity index (χ1n) is 8.91. The molecule has 0 aliphatic rings. The van der Waals surface area contributed by atoms with Gasteiger partial charge in [-0.2, -0.15) is 0 Å². The summed E-state index contributed by atoms with van der Waals surface area (Å²) in [6, 6.07) is 10.6. The van der Waals surface area contributed by atoms with Gasteiger partial charge < -0.3 is 10.3 Å². The van der Waals surface area contributed by atoms with Crippen LogP contribution in [0.2, 0.25) is 0 Å². The number of nitrogens with two attached hydrogens (primary N) is 1. The number of imidazole rings is 1. The van der Waals surface area contributed by atoms with Crippen LogP contribution in [0.25, 0.3) is 11.0 Å². The normalized spacial score (nSPS) is 11.3. The Morgan fingerprint density at radius 1 is 1.08 bits per heavy atom. The molecule has 5 heteroatoms. The summed E-state index contributed by atoms with van der Waals surface area (Å²) in [5.41, 5.74) is 10.3. The minimum Gasteiger partial charge on any atom is -0.382 e. The van der Waals surface area contributed by atoms with Gasteiger partial charge in [0.2, 0.25) is 0 Å². The van der Waals surface area contributed by atoms with Crippen molar-refractivity contribution in [1.29, 1.82) is 0 Å². The lowest BCUT2D eigenvalue weighted by Crippen LogP contribution is -2.05. The maximum absolute atomic E-state index is 6.11. The predicted molar refractivity (Wildman–Crippen MR) is 107 cm³/mol. The summed E-state index contributed by atoms with van der Waals surface area (Å²) in [6.45, 7) is 7.27. The molecule has 3 rings (SSSR count). The summed E-state index contributed by atoms with van der Waals surface area (Å²) >= 11 is 1.92. The Bertz CT molecular complexity index is 855. The molecule has 2 N–H and O–H groups in total. The number of fused-ring (bicyclic) bond motifs is 1. The Balaban J connectivity index is 1.70. The lowest BCUT2D eigenvalue weighted by atomic mass is 10.2. The Morgan fingerprint density at radius 3 is 2.56 bits per heavy atom. The quantitative estimate of drug-likeness (QED) is 0.491. The molecule has 0 radical (unpaired) electrons. The van der Waals surface area contributed by atoms with Crippen LogP contribution in [0.15, 0.2) is 35.2 Å². The molecule has 132 valence electrons. The number of nitrogen functional groups attached to an aromatic ring is 1. The molecule has 0 aliphatic heterocycles. The predicted octanol–water partition coefficient (Wildman–Crippen LogP) is 4.77. The molecule has 0 bridgehead atoms. The monoisotopic (exact) mass is 354 g/mol. The molecular weight excluding hydrogens is 328 g/mol. The summed E-state index contributed by atoms with van der Waals surface area (Å²) in [5, 5.41) is 0. The maximum Gasteiger partial charge on any atom is 0.151 e. The number of unbranched alkanes of at least 4 members (excludes halogenated alkanes) is 1. The fourth-order valence-electron chi connectivity index (χ4n) is 3.14. The van der Waals surface area contributed by atoms with Gasteiger partial charge >= 0.3 is 0 Å². The van der Waals surface area contributed by atoms with Crippen LogP contribution in [0, 0.1) is 13.8 Å². The molecule has 4 nitrogen and oxygen atoms in total. The topological polar surface area (TPSA) is 56.7 Å². The van der Waals surface area contributed by atoms with Crippen molar-refractivity contribution in [3.05, 3.63) is 47.4 Å². The zero-order chi connectivity index (χ0) is 17.8. The summed E-state index contributed by atoms with van der Waals surface area (Å²) in [6.07, 6.45) is 3.23. The van der Waals surface area contributed by atoms with Crippen molar-refractivity contribution in [3.63, 3.8) is 0 Å². The molecule has 0 unspecified atom stereocenters. The molecule has 3 aromatic rings. The van der Waals surface area contributed by atoms with Crippen LogP contribution in [0.4, 0.5) is 5.82 Å². The number of hydrogen-bond donors (Lipinski definition) is 1. The lowest BCUT2D eigenvalue weighted by Gasteiger charge is -2.11. The Morgan fingerprint density at radius 2 is 1.84 bits per heavy atom. The zero-order valence-electron chi connectivity index (χ0n) is 15.2. The number of pyridine rings is 1. The second-order valence-corrected chi connectivity index (χ2v) is 7.47. The van der Waals surface area contributed by atoms with E-state index in [1.54, 1.807) is 0 Å².